The van der Waals surface area contributed by atoms with Gasteiger partial charge in [0, 0.05) is 24.3 Å². The number of allylic oxidation sites excluding steroid dienone is 4. The van der Waals surface area contributed by atoms with E-state index in [0.717, 1.165) is 47.5 Å². The number of fused-ring (bicyclic) bond motifs is 4. The summed E-state index contributed by atoms with van der Waals surface area (Å²) in [5, 5.41) is 11.4. The smallest absolute Gasteiger partial charge is 0.383 e. The second kappa shape index (κ2) is 9.75. The first-order valence-corrected chi connectivity index (χ1v) is 14.8. The number of carbonyl (C=O) groups is 1. The van der Waals surface area contributed by atoms with Crippen LogP contribution < -0.4 is 0 Å². The highest BCUT2D eigenvalue weighted by atomic mass is 19.4. The van der Waals surface area contributed by atoms with Crippen molar-refractivity contribution in [1.29, 1.82) is 0 Å². The summed E-state index contributed by atoms with van der Waals surface area (Å²) < 4.78 is 71.5. The van der Waals surface area contributed by atoms with Crippen molar-refractivity contribution in [2.75, 3.05) is 13.1 Å². The monoisotopic (exact) mass is 563 g/mol. The number of rotatable bonds is 4. The summed E-state index contributed by atoms with van der Waals surface area (Å²) in [6.45, 7) is 4.41. The van der Waals surface area contributed by atoms with E-state index in [0.29, 0.717) is 25.7 Å². The van der Waals surface area contributed by atoms with E-state index in [-0.39, 0.29) is 24.5 Å². The van der Waals surface area contributed by atoms with Gasteiger partial charge < -0.3 is 5.11 Å². The lowest BCUT2D eigenvalue weighted by Crippen LogP contribution is -2.65. The minimum Gasteiger partial charge on any atom is -0.383 e. The van der Waals surface area contributed by atoms with Crippen LogP contribution >= 0.6 is 0 Å². The molecule has 0 bridgehead atoms. The molecule has 1 saturated heterocycles. The first-order valence-electron chi connectivity index (χ1n) is 14.8. The molecular formula is C32H38F5NO2. The van der Waals surface area contributed by atoms with Crippen molar-refractivity contribution in [2.45, 2.75) is 101 Å². The average Bonchev–Trinajstić information content (AvgIpc) is 3.20. The number of benzene rings is 1. The van der Waals surface area contributed by atoms with Crippen LogP contribution in [0.1, 0.15) is 88.2 Å². The van der Waals surface area contributed by atoms with Gasteiger partial charge in [-0.3, -0.25) is 9.69 Å². The minimum absolute atomic E-state index is 0.0157. The summed E-state index contributed by atoms with van der Waals surface area (Å²) in [4.78, 5) is 14.6. The van der Waals surface area contributed by atoms with Gasteiger partial charge in [0.1, 0.15) is 5.60 Å². The van der Waals surface area contributed by atoms with Crippen molar-refractivity contribution in [3.8, 4) is 0 Å². The molecule has 5 atom stereocenters. The van der Waals surface area contributed by atoms with Crippen molar-refractivity contribution in [1.82, 2.24) is 4.90 Å². The van der Waals surface area contributed by atoms with E-state index in [2.05, 4.69) is 4.90 Å². The Hall–Kier alpha value is -2.06. The van der Waals surface area contributed by atoms with E-state index in [9.17, 15) is 23.1 Å². The second-order valence-electron chi connectivity index (χ2n) is 13.0. The lowest BCUT2D eigenvalue weighted by Gasteiger charge is -2.56. The summed E-state index contributed by atoms with van der Waals surface area (Å²) in [6.07, 6.45) is 1.20. The van der Waals surface area contributed by atoms with Crippen LogP contribution in [0.2, 0.25) is 0 Å². The molecule has 6 rings (SSSR count). The van der Waals surface area contributed by atoms with Crippen molar-refractivity contribution in [3.63, 3.8) is 0 Å². The first-order chi connectivity index (χ1) is 18.9. The maximum absolute atomic E-state index is 15.1. The summed E-state index contributed by atoms with van der Waals surface area (Å²) in [5.41, 5.74) is 0.430. The summed E-state index contributed by atoms with van der Waals surface area (Å²) in [7, 11) is 0. The Bertz CT molecular complexity index is 1230. The molecular weight excluding hydrogens is 525 g/mol. The molecule has 218 valence electrons. The van der Waals surface area contributed by atoms with Crippen LogP contribution in [0.5, 0.6) is 0 Å². The van der Waals surface area contributed by atoms with Crippen LogP contribution in [-0.2, 0) is 11.3 Å². The molecule has 0 aromatic heterocycles. The van der Waals surface area contributed by atoms with E-state index in [4.69, 9.17) is 0 Å². The zero-order chi connectivity index (χ0) is 28.5. The van der Waals surface area contributed by atoms with Crippen molar-refractivity contribution in [3.05, 3.63) is 58.2 Å². The van der Waals surface area contributed by atoms with E-state index in [1.54, 1.807) is 6.08 Å². The predicted molar refractivity (Wildman–Crippen MR) is 142 cm³/mol. The van der Waals surface area contributed by atoms with E-state index < -0.39 is 41.4 Å². The zero-order valence-corrected chi connectivity index (χ0v) is 23.0. The Balaban J connectivity index is 1.42. The third-order valence-electron chi connectivity index (χ3n) is 11.0. The summed E-state index contributed by atoms with van der Waals surface area (Å²) in [6, 6.07) is 8.10. The van der Waals surface area contributed by atoms with Crippen LogP contribution in [0, 0.1) is 17.3 Å². The molecule has 1 N–H and O–H groups in total. The Morgan fingerprint density at radius 1 is 0.975 bits per heavy atom. The van der Waals surface area contributed by atoms with Crippen LogP contribution in [0.25, 0.3) is 0 Å². The average molecular weight is 564 g/mol. The number of piperidine rings is 1. The molecule has 3 nitrogen and oxygen atoms in total. The Morgan fingerprint density at radius 3 is 2.35 bits per heavy atom. The van der Waals surface area contributed by atoms with Crippen LogP contribution in [0.3, 0.4) is 0 Å². The number of likely N-dealkylation sites (tertiary alicyclic amines) is 1. The van der Waals surface area contributed by atoms with Gasteiger partial charge in [0.05, 0.1) is 0 Å². The topological polar surface area (TPSA) is 40.5 Å². The van der Waals surface area contributed by atoms with Gasteiger partial charge in [-0.2, -0.15) is 22.0 Å². The van der Waals surface area contributed by atoms with Crippen molar-refractivity contribution >= 4 is 5.78 Å². The minimum atomic E-state index is -5.84. The molecule has 8 heteroatoms. The molecule has 3 fully saturated rings. The van der Waals surface area contributed by atoms with Gasteiger partial charge in [0.2, 0.25) is 0 Å². The van der Waals surface area contributed by atoms with Gasteiger partial charge in [-0.05, 0) is 105 Å². The highest BCUT2D eigenvalue weighted by molar-refractivity contribution is 5.93. The Labute approximate surface area is 232 Å². The highest BCUT2D eigenvalue weighted by Gasteiger charge is 2.79. The third-order valence-corrected chi connectivity index (χ3v) is 11.0. The molecule has 1 aromatic carbocycles. The fraction of sp³-hybridized carbons (Fsp3) is 0.656. The predicted octanol–water partition coefficient (Wildman–Crippen LogP) is 7.50. The SMILES string of the molecule is C[C@]12C[C@H](c3ccc(CN4CCCCC4)cc3)C3=C4CCC(=O)C=C4CC[C@H]3[C@@H]1CC[C@]2(O)C(F)(F)C(F)(F)F. The Kier molecular flexibility index (Phi) is 6.85. The van der Waals surface area contributed by atoms with Gasteiger partial charge in [-0.15, -0.1) is 0 Å². The zero-order valence-electron chi connectivity index (χ0n) is 23.0. The molecule has 4 aliphatic carbocycles. The number of hydrogen-bond donors (Lipinski definition) is 1. The summed E-state index contributed by atoms with van der Waals surface area (Å²) >= 11 is 0. The maximum Gasteiger partial charge on any atom is 0.456 e. The van der Waals surface area contributed by atoms with Crippen molar-refractivity contribution in [2.24, 2.45) is 17.3 Å². The number of aliphatic hydroxyl groups is 1. The summed E-state index contributed by atoms with van der Waals surface area (Å²) in [5.74, 6) is -6.21. The standard InChI is InChI=1S/C32H38F5NO2/c1-29-18-26(21-7-5-20(6-8-21)19-38-15-3-2-4-16-38)28-24-12-10-23(39)17-22(24)9-11-25(28)27(29)13-14-30(29,40)31(33,34)32(35,36)37/h5-8,17,25-27,40H,2-4,9-16,18-19H2,1H3/t25-,26+,27-,29-,30+/m0/s1. The molecule has 0 amide bonds. The largest absolute Gasteiger partial charge is 0.456 e. The maximum atomic E-state index is 15.1. The molecule has 5 aliphatic rings. The van der Waals surface area contributed by atoms with Gasteiger partial charge in [0.25, 0.3) is 0 Å². The number of halogens is 5. The van der Waals surface area contributed by atoms with E-state index >= 15 is 8.78 Å². The van der Waals surface area contributed by atoms with Gasteiger partial charge in [0.15, 0.2) is 5.78 Å². The van der Waals surface area contributed by atoms with E-state index in [1.165, 1.54) is 26.2 Å². The molecule has 40 heavy (non-hydrogen) atoms. The number of alkyl halides is 5. The molecule has 0 radical (unpaired) electrons. The van der Waals surface area contributed by atoms with E-state index in [1.807, 2.05) is 24.3 Å². The normalized spacial score (nSPS) is 35.2. The van der Waals surface area contributed by atoms with Crippen LogP contribution in [0.15, 0.2) is 47.1 Å². The lowest BCUT2D eigenvalue weighted by atomic mass is 9.50. The van der Waals surface area contributed by atoms with Crippen LogP contribution in [0.4, 0.5) is 22.0 Å². The Morgan fingerprint density at radius 2 is 1.68 bits per heavy atom. The number of ketones is 1. The lowest BCUT2D eigenvalue weighted by molar-refractivity contribution is -0.362. The van der Waals surface area contributed by atoms with Crippen molar-refractivity contribution < 1.29 is 31.9 Å². The molecule has 1 aliphatic heterocycles. The van der Waals surface area contributed by atoms with Crippen LogP contribution in [-0.4, -0.2) is 46.6 Å². The number of nitrogens with zero attached hydrogens (tertiary/aromatic N) is 1. The molecule has 1 heterocycles. The number of carbonyl (C=O) groups excluding carboxylic acids is 1. The van der Waals surface area contributed by atoms with Gasteiger partial charge in [-0.25, -0.2) is 0 Å². The molecule has 0 unspecified atom stereocenters. The first kappa shape index (κ1) is 28.1. The quantitative estimate of drug-likeness (QED) is 0.386. The molecule has 2 saturated carbocycles. The molecule has 1 aromatic rings. The fourth-order valence-electron chi connectivity index (χ4n) is 8.95. The third kappa shape index (κ3) is 4.22. The van der Waals surface area contributed by atoms with Gasteiger partial charge in [-0.1, -0.05) is 43.2 Å². The number of hydrogen-bond acceptors (Lipinski definition) is 3. The highest BCUT2D eigenvalue weighted by Crippen LogP contribution is 2.70. The second-order valence-corrected chi connectivity index (χ2v) is 13.0. The van der Waals surface area contributed by atoms with Gasteiger partial charge >= 0.3 is 12.1 Å². The fourth-order valence-corrected chi connectivity index (χ4v) is 8.95. The molecule has 0 spiro atoms.